The van der Waals surface area contributed by atoms with Gasteiger partial charge in [-0.05, 0) is 131 Å². The summed E-state index contributed by atoms with van der Waals surface area (Å²) in [5.74, 6) is 1.88. The summed E-state index contributed by atoms with van der Waals surface area (Å²) in [5.41, 5.74) is 20.6. The van der Waals surface area contributed by atoms with Crippen LogP contribution in [0.4, 0.5) is 45.5 Å². The van der Waals surface area contributed by atoms with Crippen LogP contribution in [-0.4, -0.2) is 13.6 Å². The van der Waals surface area contributed by atoms with Gasteiger partial charge >= 0.3 is 6.85 Å². The average Bonchev–Trinajstić information content (AvgIpc) is 3.24. The molecule has 0 fully saturated rings. The van der Waals surface area contributed by atoms with E-state index in [0.29, 0.717) is 0 Å². The van der Waals surface area contributed by atoms with E-state index < -0.39 is 0 Å². The Morgan fingerprint density at radius 3 is 1.88 bits per heavy atom. The lowest BCUT2D eigenvalue weighted by Gasteiger charge is -2.50. The van der Waals surface area contributed by atoms with Crippen molar-refractivity contribution in [3.8, 4) is 22.6 Å². The molecule has 6 heteroatoms. The first kappa shape index (κ1) is 31.4. The van der Waals surface area contributed by atoms with Crippen molar-refractivity contribution in [2.24, 2.45) is 0 Å². The van der Waals surface area contributed by atoms with Gasteiger partial charge in [0.1, 0.15) is 11.5 Å². The molecule has 0 unspecified atom stereocenters. The van der Waals surface area contributed by atoms with Crippen molar-refractivity contribution in [2.75, 3.05) is 14.6 Å². The molecule has 0 aromatic heterocycles. The molecule has 0 bridgehead atoms. The van der Waals surface area contributed by atoms with Gasteiger partial charge in [-0.3, -0.25) is 0 Å². The van der Waals surface area contributed by atoms with Gasteiger partial charge in [0.15, 0.2) is 0 Å². The fourth-order valence-electron chi connectivity index (χ4n) is 9.86. The highest BCUT2D eigenvalue weighted by atomic mass is 16.5. The van der Waals surface area contributed by atoms with Crippen LogP contribution < -0.4 is 46.7 Å². The van der Waals surface area contributed by atoms with Crippen molar-refractivity contribution in [3.63, 3.8) is 0 Å². The molecular formula is C50H35B2N3O. The molecule has 0 amide bonds. The van der Waals surface area contributed by atoms with E-state index in [4.69, 9.17) is 4.74 Å². The summed E-state index contributed by atoms with van der Waals surface area (Å²) in [7, 11) is 0. The Labute approximate surface area is 328 Å². The predicted molar refractivity (Wildman–Crippen MR) is 235 cm³/mol. The molecule has 0 spiro atoms. The maximum Gasteiger partial charge on any atom is 0.333 e. The first-order valence-electron chi connectivity index (χ1n) is 19.5. The van der Waals surface area contributed by atoms with E-state index in [2.05, 4.69) is 204 Å². The second-order valence-electron chi connectivity index (χ2n) is 15.4. The predicted octanol–water partition coefficient (Wildman–Crippen LogP) is 9.42. The van der Waals surface area contributed by atoms with Gasteiger partial charge < -0.3 is 19.3 Å². The Morgan fingerprint density at radius 1 is 0.464 bits per heavy atom. The van der Waals surface area contributed by atoms with E-state index in [1.54, 1.807) is 0 Å². The molecule has 0 saturated heterocycles. The molecule has 12 rings (SSSR count). The van der Waals surface area contributed by atoms with E-state index in [-0.39, 0.29) is 13.6 Å². The fraction of sp³-hybridized carbons (Fsp3) is 0.0400. The summed E-state index contributed by atoms with van der Waals surface area (Å²) in [4.78, 5) is 7.51. The van der Waals surface area contributed by atoms with Crippen molar-refractivity contribution >= 4 is 86.4 Å². The quantitative estimate of drug-likeness (QED) is 0.169. The van der Waals surface area contributed by atoms with Crippen LogP contribution in [-0.2, 0) is 0 Å². The number of nitrogens with zero attached hydrogens (tertiary/aromatic N) is 3. The molecule has 8 aromatic carbocycles. The summed E-state index contributed by atoms with van der Waals surface area (Å²) in [6, 6.07) is 64.5. The van der Waals surface area contributed by atoms with Gasteiger partial charge in [0.05, 0.1) is 0 Å². The van der Waals surface area contributed by atoms with E-state index in [9.17, 15) is 0 Å². The maximum atomic E-state index is 7.06. The molecule has 8 aromatic rings. The third-order valence-electron chi connectivity index (χ3n) is 12.1. The summed E-state index contributed by atoms with van der Waals surface area (Å²) < 4.78 is 7.06. The molecule has 0 atom stereocenters. The second-order valence-corrected chi connectivity index (χ2v) is 15.4. The number of anilines is 8. The van der Waals surface area contributed by atoms with Gasteiger partial charge in [-0.1, -0.05) is 103 Å². The normalized spacial score (nSPS) is 13.5. The van der Waals surface area contributed by atoms with Crippen molar-refractivity contribution in [2.45, 2.75) is 13.8 Å². The van der Waals surface area contributed by atoms with Crippen LogP contribution in [0.25, 0.3) is 11.1 Å². The van der Waals surface area contributed by atoms with E-state index in [0.717, 1.165) is 39.9 Å². The zero-order valence-electron chi connectivity index (χ0n) is 31.1. The first-order valence-corrected chi connectivity index (χ1v) is 19.5. The number of hydrogen-bond acceptors (Lipinski definition) is 4. The van der Waals surface area contributed by atoms with E-state index in [1.165, 1.54) is 66.6 Å². The Morgan fingerprint density at radius 2 is 1.12 bits per heavy atom. The number of para-hydroxylation sites is 4. The lowest BCUT2D eigenvalue weighted by Crippen LogP contribution is -2.68. The Kier molecular flexibility index (Phi) is 6.62. The minimum absolute atomic E-state index is 0.0478. The van der Waals surface area contributed by atoms with Crippen LogP contribution in [0.15, 0.2) is 176 Å². The largest absolute Gasteiger partial charge is 0.458 e. The number of benzene rings is 8. The van der Waals surface area contributed by atoms with Gasteiger partial charge in [-0.15, -0.1) is 0 Å². The minimum Gasteiger partial charge on any atom is -0.458 e. The molecule has 56 heavy (non-hydrogen) atoms. The number of rotatable bonds is 4. The number of aryl methyl sites for hydroxylation is 2. The highest BCUT2D eigenvalue weighted by molar-refractivity contribution is 7.01. The van der Waals surface area contributed by atoms with Crippen LogP contribution in [0.3, 0.4) is 0 Å². The van der Waals surface area contributed by atoms with Gasteiger partial charge in [-0.25, -0.2) is 0 Å². The molecule has 0 saturated carbocycles. The minimum atomic E-state index is -0.0868. The van der Waals surface area contributed by atoms with Crippen LogP contribution in [0.5, 0.6) is 11.5 Å². The molecular weight excluding hydrogens is 680 g/mol. The van der Waals surface area contributed by atoms with E-state index >= 15 is 0 Å². The Bertz CT molecular complexity index is 2860. The van der Waals surface area contributed by atoms with Gasteiger partial charge in [-0.2, -0.15) is 0 Å². The van der Waals surface area contributed by atoms with Crippen LogP contribution >= 0.6 is 0 Å². The van der Waals surface area contributed by atoms with Crippen molar-refractivity contribution in [1.29, 1.82) is 0 Å². The van der Waals surface area contributed by atoms with Crippen molar-refractivity contribution < 1.29 is 4.74 Å². The molecule has 4 aliphatic rings. The first-order chi connectivity index (χ1) is 27.6. The van der Waals surface area contributed by atoms with E-state index in [1.807, 2.05) is 0 Å². The zero-order chi connectivity index (χ0) is 37.1. The molecule has 262 valence electrons. The van der Waals surface area contributed by atoms with Crippen molar-refractivity contribution in [3.05, 3.63) is 187 Å². The number of fused-ring (bicyclic) bond motifs is 10. The van der Waals surface area contributed by atoms with Gasteiger partial charge in [0.2, 0.25) is 0 Å². The third-order valence-corrected chi connectivity index (χ3v) is 12.1. The lowest BCUT2D eigenvalue weighted by atomic mass is 9.32. The summed E-state index contributed by atoms with van der Waals surface area (Å²) in [5, 5.41) is 0. The SMILES string of the molecule is Cc1ccc2c(c1)Oc1cc3c4c5c1B2c1ccc(C)cc1N5c1ccccc1B4N(c1ccccc1)c1cc(N(c2ccccc2)c2ccccc2)ccc1-3. The zero-order valence-corrected chi connectivity index (χ0v) is 31.1. The Balaban J connectivity index is 1.19. The maximum absolute atomic E-state index is 7.06. The number of ether oxygens (including phenoxy) is 1. The monoisotopic (exact) mass is 715 g/mol. The molecule has 4 aliphatic heterocycles. The third kappa shape index (κ3) is 4.38. The van der Waals surface area contributed by atoms with Crippen LogP contribution in [0.1, 0.15) is 11.1 Å². The fourth-order valence-corrected chi connectivity index (χ4v) is 9.86. The molecule has 4 heterocycles. The van der Waals surface area contributed by atoms with Crippen molar-refractivity contribution in [1.82, 2.24) is 0 Å². The highest BCUT2D eigenvalue weighted by Gasteiger charge is 2.51. The average molecular weight is 715 g/mol. The lowest BCUT2D eigenvalue weighted by molar-refractivity contribution is 0.487. The smallest absolute Gasteiger partial charge is 0.333 e. The second kappa shape index (κ2) is 11.8. The van der Waals surface area contributed by atoms with Crippen LogP contribution in [0.2, 0.25) is 0 Å². The molecule has 4 nitrogen and oxygen atoms in total. The summed E-state index contributed by atoms with van der Waals surface area (Å²) in [6.45, 7) is 4.32. The highest BCUT2D eigenvalue weighted by Crippen LogP contribution is 2.51. The van der Waals surface area contributed by atoms with Gasteiger partial charge in [0, 0.05) is 51.1 Å². The number of hydrogen-bond donors (Lipinski definition) is 0. The summed E-state index contributed by atoms with van der Waals surface area (Å²) >= 11 is 0. The molecule has 0 N–H and O–H groups in total. The molecule has 0 radical (unpaired) electrons. The summed E-state index contributed by atoms with van der Waals surface area (Å²) in [6.07, 6.45) is 0. The topological polar surface area (TPSA) is 19.0 Å². The molecule has 0 aliphatic carbocycles. The Hall–Kier alpha value is -6.91. The van der Waals surface area contributed by atoms with Gasteiger partial charge in [0.25, 0.3) is 6.71 Å². The standard InChI is InChI=1S/C50H35B2N3O/c1-32-22-26-40-45(28-32)54-43-21-13-12-20-41(43)52-48-39(31-47-49(50(48)54)51(40)42-27-23-33(2)29-46(42)56-47)38-25-24-37(30-44(38)55(52)36-18-10-5-11-19-36)53(34-14-6-3-7-15-34)35-16-8-4-9-17-35/h3-31H,1-2H3. The van der Waals surface area contributed by atoms with Crippen LogP contribution in [0, 0.1) is 13.8 Å².